The number of imidazole rings is 1. The number of carbonyl (C=O) groups excluding carboxylic acids is 1. The minimum Gasteiger partial charge on any atom is -0.496 e. The lowest BCUT2D eigenvalue weighted by atomic mass is 10.0. The van der Waals surface area contributed by atoms with E-state index in [2.05, 4.69) is 16.9 Å². The molecule has 29 heavy (non-hydrogen) atoms. The summed E-state index contributed by atoms with van der Waals surface area (Å²) in [4.78, 5) is 19.4. The molecule has 3 aromatic rings. The van der Waals surface area contributed by atoms with Crippen LogP contribution in [0, 0.1) is 0 Å². The molecule has 1 N–H and O–H groups in total. The number of nitrogens with zero attached hydrogens (tertiary/aromatic N) is 3. The number of ether oxygens (including phenoxy) is 1. The number of urea groups is 1. The van der Waals surface area contributed by atoms with Gasteiger partial charge in [0.15, 0.2) is 0 Å². The molecular weight excluding hydrogens is 364 g/mol. The summed E-state index contributed by atoms with van der Waals surface area (Å²) in [7, 11) is 3.53. The van der Waals surface area contributed by atoms with Crippen molar-refractivity contribution < 1.29 is 9.53 Å². The van der Waals surface area contributed by atoms with Gasteiger partial charge in [-0.2, -0.15) is 0 Å². The topological polar surface area (TPSA) is 59.4 Å². The first-order valence-electron chi connectivity index (χ1n) is 9.44. The summed E-state index contributed by atoms with van der Waals surface area (Å²) in [6.07, 6.45) is 5.30. The maximum atomic E-state index is 13.2. The number of aryl methyl sites for hydroxylation is 1. The first kappa shape index (κ1) is 20.2. The van der Waals surface area contributed by atoms with Crippen molar-refractivity contribution in [3.8, 4) is 5.75 Å². The number of rotatable bonds is 8. The molecule has 2 amide bonds. The van der Waals surface area contributed by atoms with Gasteiger partial charge in [0.1, 0.15) is 17.6 Å². The van der Waals surface area contributed by atoms with Gasteiger partial charge in [0.05, 0.1) is 7.11 Å². The minimum absolute atomic E-state index is 0.201. The zero-order valence-corrected chi connectivity index (χ0v) is 16.8. The predicted octanol–water partition coefficient (Wildman–Crippen LogP) is 3.92. The normalized spacial score (nSPS) is 11.5. The standard InChI is InChI=1S/C23H26N4O2/c1-4-15-27(17-18-10-6-5-7-11-18)23(28)25-21(22-24-14-16-26(22)2)19-12-8-9-13-20(19)29-3/h4-14,16,21H,1,15,17H2,2-3H3,(H,25,28). The van der Waals surface area contributed by atoms with Crippen LogP contribution in [0.15, 0.2) is 79.6 Å². The Hall–Kier alpha value is -3.54. The second-order valence-electron chi connectivity index (χ2n) is 6.68. The lowest BCUT2D eigenvalue weighted by Gasteiger charge is -2.27. The number of hydrogen-bond acceptors (Lipinski definition) is 3. The molecular formula is C23H26N4O2. The number of benzene rings is 2. The van der Waals surface area contributed by atoms with Gasteiger partial charge in [0.25, 0.3) is 0 Å². The zero-order chi connectivity index (χ0) is 20.6. The van der Waals surface area contributed by atoms with E-state index >= 15 is 0 Å². The molecule has 1 unspecified atom stereocenters. The van der Waals surface area contributed by atoms with Gasteiger partial charge < -0.3 is 19.5 Å². The van der Waals surface area contributed by atoms with E-state index in [-0.39, 0.29) is 6.03 Å². The van der Waals surface area contributed by atoms with Crippen LogP contribution >= 0.6 is 0 Å². The van der Waals surface area contributed by atoms with Gasteiger partial charge in [0.2, 0.25) is 0 Å². The van der Waals surface area contributed by atoms with E-state index < -0.39 is 6.04 Å². The Balaban J connectivity index is 1.90. The number of hydrogen-bond donors (Lipinski definition) is 1. The Morgan fingerprint density at radius 3 is 2.62 bits per heavy atom. The maximum Gasteiger partial charge on any atom is 0.318 e. The summed E-state index contributed by atoms with van der Waals surface area (Å²) in [5.74, 6) is 1.42. The van der Waals surface area contributed by atoms with Crippen LogP contribution in [0.4, 0.5) is 4.79 Å². The van der Waals surface area contributed by atoms with E-state index in [1.807, 2.05) is 72.4 Å². The molecule has 1 atom stereocenters. The predicted molar refractivity (Wildman–Crippen MR) is 114 cm³/mol. The summed E-state index contributed by atoms with van der Waals surface area (Å²) < 4.78 is 7.43. The van der Waals surface area contributed by atoms with E-state index in [1.165, 1.54) is 0 Å². The molecule has 1 aromatic heterocycles. The van der Waals surface area contributed by atoms with Crippen LogP contribution in [-0.2, 0) is 13.6 Å². The monoisotopic (exact) mass is 390 g/mol. The van der Waals surface area contributed by atoms with Crippen molar-refractivity contribution in [1.29, 1.82) is 0 Å². The fourth-order valence-electron chi connectivity index (χ4n) is 3.24. The van der Waals surface area contributed by atoms with Crippen LogP contribution in [0.25, 0.3) is 0 Å². The number of methoxy groups -OCH3 is 1. The highest BCUT2D eigenvalue weighted by atomic mass is 16.5. The average Bonchev–Trinajstić information content (AvgIpc) is 3.18. The summed E-state index contributed by atoms with van der Waals surface area (Å²) in [5, 5.41) is 3.13. The van der Waals surface area contributed by atoms with Crippen LogP contribution in [0.2, 0.25) is 0 Å². The molecule has 6 heteroatoms. The smallest absolute Gasteiger partial charge is 0.318 e. The van der Waals surface area contributed by atoms with E-state index in [9.17, 15) is 4.79 Å². The van der Waals surface area contributed by atoms with E-state index in [1.54, 1.807) is 24.3 Å². The maximum absolute atomic E-state index is 13.2. The van der Waals surface area contributed by atoms with E-state index in [4.69, 9.17) is 4.74 Å². The van der Waals surface area contributed by atoms with Gasteiger partial charge in [-0.05, 0) is 11.6 Å². The van der Waals surface area contributed by atoms with Crippen molar-refractivity contribution in [2.24, 2.45) is 7.05 Å². The first-order valence-corrected chi connectivity index (χ1v) is 9.44. The lowest BCUT2D eigenvalue weighted by molar-refractivity contribution is 0.197. The SMILES string of the molecule is C=CCN(Cc1ccccc1)C(=O)NC(c1ccccc1OC)c1nccn1C. The Morgan fingerprint density at radius 1 is 1.24 bits per heavy atom. The van der Waals surface area contributed by atoms with E-state index in [0.717, 1.165) is 17.0 Å². The third-order valence-corrected chi connectivity index (χ3v) is 4.69. The molecule has 0 fully saturated rings. The Kier molecular flexibility index (Phi) is 6.68. The third-order valence-electron chi connectivity index (χ3n) is 4.69. The van der Waals surface area contributed by atoms with Crippen molar-refractivity contribution in [3.05, 3.63) is 96.6 Å². The molecule has 0 spiro atoms. The average molecular weight is 390 g/mol. The second-order valence-corrected chi connectivity index (χ2v) is 6.68. The van der Waals surface area contributed by atoms with Crippen LogP contribution in [0.3, 0.4) is 0 Å². The molecule has 0 bridgehead atoms. The molecule has 3 rings (SSSR count). The second kappa shape index (κ2) is 9.59. The zero-order valence-electron chi connectivity index (χ0n) is 16.8. The van der Waals surface area contributed by atoms with Crippen LogP contribution in [0.1, 0.15) is 23.0 Å². The summed E-state index contributed by atoms with van der Waals surface area (Å²) in [6, 6.07) is 16.9. The number of carbonyl (C=O) groups is 1. The van der Waals surface area contributed by atoms with Gasteiger partial charge in [-0.1, -0.05) is 54.6 Å². The quantitative estimate of drug-likeness (QED) is 0.593. The molecule has 150 valence electrons. The van der Waals surface area contributed by atoms with Gasteiger partial charge >= 0.3 is 6.03 Å². The first-order chi connectivity index (χ1) is 14.1. The molecule has 0 aliphatic carbocycles. The summed E-state index contributed by atoms with van der Waals surface area (Å²) >= 11 is 0. The van der Waals surface area contributed by atoms with Crippen molar-refractivity contribution in [2.45, 2.75) is 12.6 Å². The highest BCUT2D eigenvalue weighted by Crippen LogP contribution is 2.29. The Morgan fingerprint density at radius 2 is 1.97 bits per heavy atom. The molecule has 1 heterocycles. The van der Waals surface area contributed by atoms with Crippen LogP contribution in [-0.4, -0.2) is 34.1 Å². The highest BCUT2D eigenvalue weighted by molar-refractivity contribution is 5.75. The Bertz CT molecular complexity index is 952. The summed E-state index contributed by atoms with van der Waals surface area (Å²) in [5.41, 5.74) is 1.89. The fraction of sp³-hybridized carbons (Fsp3) is 0.217. The van der Waals surface area contributed by atoms with Crippen molar-refractivity contribution in [1.82, 2.24) is 19.8 Å². The van der Waals surface area contributed by atoms with E-state index in [0.29, 0.717) is 18.8 Å². The number of para-hydroxylation sites is 1. The fourth-order valence-corrected chi connectivity index (χ4v) is 3.24. The highest BCUT2D eigenvalue weighted by Gasteiger charge is 2.25. The summed E-state index contributed by atoms with van der Waals surface area (Å²) in [6.45, 7) is 4.71. The van der Waals surface area contributed by atoms with Gasteiger partial charge in [0, 0.05) is 38.1 Å². The lowest BCUT2D eigenvalue weighted by Crippen LogP contribution is -2.42. The molecule has 0 saturated heterocycles. The third kappa shape index (κ3) is 4.85. The number of nitrogens with one attached hydrogen (secondary N) is 1. The number of aromatic nitrogens is 2. The molecule has 6 nitrogen and oxygen atoms in total. The minimum atomic E-state index is -0.457. The molecule has 0 saturated carbocycles. The molecule has 2 aromatic carbocycles. The van der Waals surface area contributed by atoms with Crippen molar-refractivity contribution in [3.63, 3.8) is 0 Å². The van der Waals surface area contributed by atoms with Gasteiger partial charge in [-0.15, -0.1) is 6.58 Å². The van der Waals surface area contributed by atoms with Crippen molar-refractivity contribution >= 4 is 6.03 Å². The van der Waals surface area contributed by atoms with Gasteiger partial charge in [-0.25, -0.2) is 9.78 Å². The molecule has 0 aliphatic heterocycles. The van der Waals surface area contributed by atoms with Crippen LogP contribution < -0.4 is 10.1 Å². The van der Waals surface area contributed by atoms with Crippen LogP contribution in [0.5, 0.6) is 5.75 Å². The largest absolute Gasteiger partial charge is 0.496 e. The molecule has 0 radical (unpaired) electrons. The number of amides is 2. The Labute approximate surface area is 171 Å². The molecule has 0 aliphatic rings. The van der Waals surface area contributed by atoms with Gasteiger partial charge in [-0.3, -0.25) is 0 Å². The van der Waals surface area contributed by atoms with Crippen molar-refractivity contribution in [2.75, 3.05) is 13.7 Å².